The van der Waals surface area contributed by atoms with Crippen molar-refractivity contribution < 1.29 is 14.3 Å². The highest BCUT2D eigenvalue weighted by Gasteiger charge is 2.34. The van der Waals surface area contributed by atoms with Crippen molar-refractivity contribution in [1.82, 2.24) is 5.32 Å². The van der Waals surface area contributed by atoms with Gasteiger partial charge in [0.05, 0.1) is 5.69 Å². The van der Waals surface area contributed by atoms with E-state index in [1.54, 1.807) is 0 Å². The molecule has 1 aromatic rings. The summed E-state index contributed by atoms with van der Waals surface area (Å²) < 4.78 is 5.74. The number of hydrogen-bond donors (Lipinski definition) is 1. The molecule has 0 saturated carbocycles. The molecule has 0 radical (unpaired) electrons. The number of hydrogen-bond acceptors (Lipinski definition) is 3. The lowest BCUT2D eigenvalue weighted by Gasteiger charge is -2.34. The minimum absolute atomic E-state index is 0.00637. The molecule has 1 heterocycles. The molecule has 2 amide bonds. The van der Waals surface area contributed by atoms with E-state index in [2.05, 4.69) is 5.32 Å². The number of nitrogens with zero attached hydrogens (tertiary/aromatic N) is 1. The second kappa shape index (κ2) is 5.99. The third-order valence-corrected chi connectivity index (χ3v) is 3.40. The van der Waals surface area contributed by atoms with Gasteiger partial charge in [0.25, 0.3) is 5.91 Å². The first-order valence-electron chi connectivity index (χ1n) is 7.61. The van der Waals surface area contributed by atoms with Gasteiger partial charge < -0.3 is 10.1 Å². The van der Waals surface area contributed by atoms with Crippen molar-refractivity contribution in [3.05, 3.63) is 23.8 Å². The SMILES string of the molecule is CCC1Oc2ccc(C)cc2N(CC(=O)NC(C)(C)C)C1=O. The Labute approximate surface area is 131 Å². The van der Waals surface area contributed by atoms with Crippen LogP contribution >= 0.6 is 0 Å². The summed E-state index contributed by atoms with van der Waals surface area (Å²) >= 11 is 0. The topological polar surface area (TPSA) is 58.6 Å². The molecule has 1 aromatic carbocycles. The monoisotopic (exact) mass is 304 g/mol. The zero-order valence-corrected chi connectivity index (χ0v) is 13.9. The average molecular weight is 304 g/mol. The maximum atomic E-state index is 12.6. The fourth-order valence-corrected chi connectivity index (χ4v) is 2.46. The van der Waals surface area contributed by atoms with Gasteiger partial charge >= 0.3 is 0 Å². The summed E-state index contributed by atoms with van der Waals surface area (Å²) in [7, 11) is 0. The Bertz CT molecular complexity index is 590. The highest BCUT2D eigenvalue weighted by Crippen LogP contribution is 2.35. The lowest BCUT2D eigenvalue weighted by molar-refractivity contribution is -0.129. The van der Waals surface area contributed by atoms with Gasteiger partial charge in [-0.15, -0.1) is 0 Å². The normalized spacial score (nSPS) is 17.8. The van der Waals surface area contributed by atoms with Crippen LogP contribution in [0.4, 0.5) is 5.69 Å². The molecule has 2 rings (SSSR count). The molecule has 5 nitrogen and oxygen atoms in total. The Kier molecular flexibility index (Phi) is 4.44. The summed E-state index contributed by atoms with van der Waals surface area (Å²) in [5.41, 5.74) is 1.36. The van der Waals surface area contributed by atoms with Crippen LogP contribution in [0.2, 0.25) is 0 Å². The van der Waals surface area contributed by atoms with E-state index in [4.69, 9.17) is 4.74 Å². The summed E-state index contributed by atoms with van der Waals surface area (Å²) in [6, 6.07) is 5.67. The number of amides is 2. The van der Waals surface area contributed by atoms with Gasteiger partial charge in [-0.2, -0.15) is 0 Å². The van der Waals surface area contributed by atoms with E-state index in [0.717, 1.165) is 5.56 Å². The number of fused-ring (bicyclic) bond motifs is 1. The Balaban J connectivity index is 2.30. The third kappa shape index (κ3) is 3.59. The van der Waals surface area contributed by atoms with E-state index in [9.17, 15) is 9.59 Å². The second-order valence-corrected chi connectivity index (χ2v) is 6.71. The minimum atomic E-state index is -0.530. The number of rotatable bonds is 3. The van der Waals surface area contributed by atoms with Gasteiger partial charge in [0.2, 0.25) is 5.91 Å². The van der Waals surface area contributed by atoms with Gasteiger partial charge in [-0.25, -0.2) is 0 Å². The maximum absolute atomic E-state index is 12.6. The molecule has 0 spiro atoms. The van der Waals surface area contributed by atoms with E-state index in [1.807, 2.05) is 52.8 Å². The number of carbonyl (C=O) groups is 2. The van der Waals surface area contributed by atoms with E-state index in [-0.39, 0.29) is 23.9 Å². The van der Waals surface area contributed by atoms with Gasteiger partial charge in [0.15, 0.2) is 6.10 Å². The molecular formula is C17H24N2O3. The van der Waals surface area contributed by atoms with Crippen LogP contribution in [0.3, 0.4) is 0 Å². The fraction of sp³-hybridized carbons (Fsp3) is 0.529. The predicted molar refractivity (Wildman–Crippen MR) is 86.1 cm³/mol. The first kappa shape index (κ1) is 16.3. The molecule has 1 atom stereocenters. The smallest absolute Gasteiger partial charge is 0.268 e. The average Bonchev–Trinajstić information content (AvgIpc) is 2.40. The van der Waals surface area contributed by atoms with E-state index in [1.165, 1.54) is 4.90 Å². The molecule has 1 aliphatic heterocycles. The fourth-order valence-electron chi connectivity index (χ4n) is 2.46. The third-order valence-electron chi connectivity index (χ3n) is 3.40. The van der Waals surface area contributed by atoms with Gasteiger partial charge in [0, 0.05) is 5.54 Å². The van der Waals surface area contributed by atoms with Gasteiger partial charge in [-0.3, -0.25) is 14.5 Å². The van der Waals surface area contributed by atoms with Crippen LogP contribution < -0.4 is 15.0 Å². The summed E-state index contributed by atoms with van der Waals surface area (Å²) in [6.45, 7) is 9.60. The van der Waals surface area contributed by atoms with Crippen molar-refractivity contribution in [3.63, 3.8) is 0 Å². The number of ether oxygens (including phenoxy) is 1. The number of nitrogens with one attached hydrogen (secondary N) is 1. The molecule has 1 aliphatic rings. The number of anilines is 1. The van der Waals surface area contributed by atoms with Crippen LogP contribution in [0.1, 0.15) is 39.7 Å². The minimum Gasteiger partial charge on any atom is -0.478 e. The molecule has 5 heteroatoms. The lowest BCUT2D eigenvalue weighted by Crippen LogP contribution is -2.52. The molecular weight excluding hydrogens is 280 g/mol. The van der Waals surface area contributed by atoms with E-state index in [0.29, 0.717) is 17.9 Å². The van der Waals surface area contributed by atoms with Crippen LogP contribution in [0.25, 0.3) is 0 Å². The standard InChI is InChI=1S/C17H24N2O3/c1-6-13-16(21)19(10-15(20)18-17(3,4)5)12-9-11(2)7-8-14(12)22-13/h7-9,13H,6,10H2,1-5H3,(H,18,20). The van der Waals surface area contributed by atoms with Crippen LogP contribution in [0, 0.1) is 6.92 Å². The van der Waals surface area contributed by atoms with Crippen molar-refractivity contribution in [3.8, 4) is 5.75 Å². The first-order valence-corrected chi connectivity index (χ1v) is 7.61. The highest BCUT2D eigenvalue weighted by atomic mass is 16.5. The maximum Gasteiger partial charge on any atom is 0.268 e. The number of benzene rings is 1. The Morgan fingerprint density at radius 3 is 2.64 bits per heavy atom. The van der Waals surface area contributed by atoms with Crippen LogP contribution in [-0.2, 0) is 9.59 Å². The molecule has 0 aromatic heterocycles. The second-order valence-electron chi connectivity index (χ2n) is 6.71. The van der Waals surface area contributed by atoms with Crippen molar-refractivity contribution in [2.75, 3.05) is 11.4 Å². The molecule has 1 N–H and O–H groups in total. The summed E-state index contributed by atoms with van der Waals surface area (Å²) in [5.74, 6) is 0.315. The number of carbonyl (C=O) groups excluding carboxylic acids is 2. The first-order chi connectivity index (χ1) is 10.2. The summed E-state index contributed by atoms with van der Waals surface area (Å²) in [5, 5.41) is 2.89. The van der Waals surface area contributed by atoms with Crippen molar-refractivity contribution in [2.45, 2.75) is 52.7 Å². The van der Waals surface area contributed by atoms with Crippen molar-refractivity contribution in [2.24, 2.45) is 0 Å². The molecule has 120 valence electrons. The van der Waals surface area contributed by atoms with Gasteiger partial charge in [-0.1, -0.05) is 13.0 Å². The molecule has 0 aliphatic carbocycles. The lowest BCUT2D eigenvalue weighted by atomic mass is 10.1. The highest BCUT2D eigenvalue weighted by molar-refractivity contribution is 6.04. The molecule has 0 saturated heterocycles. The van der Waals surface area contributed by atoms with Crippen LogP contribution in [0.15, 0.2) is 18.2 Å². The van der Waals surface area contributed by atoms with E-state index < -0.39 is 6.10 Å². The summed E-state index contributed by atoms with van der Waals surface area (Å²) in [4.78, 5) is 26.3. The number of aryl methyl sites for hydroxylation is 1. The van der Waals surface area contributed by atoms with Crippen LogP contribution in [0.5, 0.6) is 5.75 Å². The van der Waals surface area contributed by atoms with Crippen molar-refractivity contribution >= 4 is 17.5 Å². The van der Waals surface area contributed by atoms with Gasteiger partial charge in [-0.05, 0) is 51.8 Å². The van der Waals surface area contributed by atoms with Crippen LogP contribution in [-0.4, -0.2) is 30.0 Å². The Morgan fingerprint density at radius 2 is 2.05 bits per heavy atom. The largest absolute Gasteiger partial charge is 0.478 e. The van der Waals surface area contributed by atoms with Gasteiger partial charge in [0.1, 0.15) is 12.3 Å². The Morgan fingerprint density at radius 1 is 1.36 bits per heavy atom. The summed E-state index contributed by atoms with van der Waals surface area (Å²) in [6.07, 6.45) is 0.0430. The molecule has 1 unspecified atom stereocenters. The molecule has 0 fully saturated rings. The quantitative estimate of drug-likeness (QED) is 0.933. The molecule has 22 heavy (non-hydrogen) atoms. The zero-order chi connectivity index (χ0) is 16.5. The van der Waals surface area contributed by atoms with E-state index >= 15 is 0 Å². The van der Waals surface area contributed by atoms with Crippen molar-refractivity contribution in [1.29, 1.82) is 0 Å². The Hall–Kier alpha value is -2.04. The predicted octanol–water partition coefficient (Wildman–Crippen LogP) is 2.41. The zero-order valence-electron chi connectivity index (χ0n) is 13.9. The molecule has 0 bridgehead atoms.